The van der Waals surface area contributed by atoms with Gasteiger partial charge in [-0.2, -0.15) is 0 Å². The zero-order valence-electron chi connectivity index (χ0n) is 11.0. The second kappa shape index (κ2) is 2.13. The average molecular weight is 220 g/mol. The molecule has 90 valence electrons. The van der Waals surface area contributed by atoms with Crippen LogP contribution >= 0.6 is 0 Å². The second-order valence-corrected chi connectivity index (χ2v) is 8.19. The molecule has 0 aromatic heterocycles. The topological polar surface area (TPSA) is 20.2 Å². The summed E-state index contributed by atoms with van der Waals surface area (Å²) >= 11 is 0. The van der Waals surface area contributed by atoms with Crippen LogP contribution < -0.4 is 0 Å². The van der Waals surface area contributed by atoms with Gasteiger partial charge in [-0.1, -0.05) is 27.7 Å². The summed E-state index contributed by atoms with van der Waals surface area (Å²) in [5.74, 6) is 1.75. The van der Waals surface area contributed by atoms with Crippen LogP contribution in [0.15, 0.2) is 0 Å². The van der Waals surface area contributed by atoms with E-state index in [-0.39, 0.29) is 6.10 Å². The van der Waals surface area contributed by atoms with E-state index in [1.54, 1.807) is 0 Å². The first kappa shape index (κ1) is 9.94. The lowest BCUT2D eigenvalue weighted by Crippen LogP contribution is -2.44. The Kier molecular flexibility index (Phi) is 1.33. The molecule has 0 amide bonds. The minimum atomic E-state index is -0.00646. The Morgan fingerprint density at radius 2 is 1.81 bits per heavy atom. The van der Waals surface area contributed by atoms with Crippen molar-refractivity contribution in [1.82, 2.24) is 0 Å². The summed E-state index contributed by atoms with van der Waals surface area (Å²) in [6.45, 7) is 9.82. The summed E-state index contributed by atoms with van der Waals surface area (Å²) in [5.41, 5.74) is 1.70. The van der Waals surface area contributed by atoms with Gasteiger partial charge >= 0.3 is 0 Å². The maximum Gasteiger partial charge on any atom is 0.0610 e. The van der Waals surface area contributed by atoms with Crippen molar-refractivity contribution in [3.05, 3.63) is 0 Å². The van der Waals surface area contributed by atoms with Crippen molar-refractivity contribution in [3.8, 4) is 0 Å². The first-order valence-electron chi connectivity index (χ1n) is 7.00. The largest absolute Gasteiger partial charge is 0.392 e. The molecular weight excluding hydrogens is 196 g/mol. The highest BCUT2D eigenvalue weighted by Gasteiger charge is 2.95. The van der Waals surface area contributed by atoms with Crippen LogP contribution in [0.2, 0.25) is 0 Å². The Bertz CT molecular complexity index is 383. The van der Waals surface area contributed by atoms with Crippen LogP contribution in [0.1, 0.15) is 53.4 Å². The van der Waals surface area contributed by atoms with Crippen molar-refractivity contribution < 1.29 is 5.11 Å². The number of rotatable bonds is 0. The van der Waals surface area contributed by atoms with Gasteiger partial charge < -0.3 is 5.11 Å². The molecule has 5 aliphatic carbocycles. The Morgan fingerprint density at radius 1 is 1.12 bits per heavy atom. The minimum Gasteiger partial charge on any atom is -0.392 e. The van der Waals surface area contributed by atoms with Gasteiger partial charge in [0.1, 0.15) is 0 Å². The lowest BCUT2D eigenvalue weighted by Gasteiger charge is -2.46. The molecule has 0 aromatic carbocycles. The predicted octanol–water partition coefficient (Wildman–Crippen LogP) is 3.22. The monoisotopic (exact) mass is 220 g/mol. The van der Waals surface area contributed by atoms with E-state index in [1.807, 2.05) is 0 Å². The molecule has 2 spiro atoms. The molecule has 1 nitrogen and oxygen atoms in total. The van der Waals surface area contributed by atoms with E-state index >= 15 is 0 Å². The van der Waals surface area contributed by atoms with E-state index in [1.165, 1.54) is 19.3 Å². The van der Waals surface area contributed by atoms with Crippen molar-refractivity contribution in [2.24, 2.45) is 33.5 Å². The molecular formula is C15H24O. The Hall–Kier alpha value is -0.0400. The predicted molar refractivity (Wildman–Crippen MR) is 63.9 cm³/mol. The van der Waals surface area contributed by atoms with Gasteiger partial charge in [-0.15, -0.1) is 0 Å². The molecule has 5 fully saturated rings. The Balaban J connectivity index is 1.96. The molecule has 4 bridgehead atoms. The zero-order chi connectivity index (χ0) is 11.6. The molecule has 0 aromatic rings. The molecule has 5 aliphatic rings. The van der Waals surface area contributed by atoms with Gasteiger partial charge in [0.25, 0.3) is 0 Å². The van der Waals surface area contributed by atoms with E-state index in [9.17, 15) is 5.11 Å². The molecule has 0 radical (unpaired) electrons. The standard InChI is InChI=1S/C15H24O/c1-12(2)6-5-11(16)15-10-7-9(13(15,3)4)8-14(10,12)15/h9-11,16H,5-8H2,1-4H3/t9?,10?,11-,14+,15-/m1/s1. The molecule has 5 saturated carbocycles. The highest BCUT2D eigenvalue weighted by molar-refractivity contribution is 5.42. The maximum absolute atomic E-state index is 10.6. The van der Waals surface area contributed by atoms with Crippen molar-refractivity contribution in [1.29, 1.82) is 0 Å². The first-order chi connectivity index (χ1) is 7.32. The van der Waals surface area contributed by atoms with Crippen LogP contribution in [-0.4, -0.2) is 11.2 Å². The number of hydrogen-bond donors (Lipinski definition) is 1. The zero-order valence-corrected chi connectivity index (χ0v) is 11.0. The van der Waals surface area contributed by atoms with Crippen LogP contribution in [0.4, 0.5) is 0 Å². The quantitative estimate of drug-likeness (QED) is 0.664. The lowest BCUT2D eigenvalue weighted by molar-refractivity contribution is -0.0567. The van der Waals surface area contributed by atoms with Gasteiger partial charge in [0, 0.05) is 5.41 Å². The third-order valence-corrected chi connectivity index (χ3v) is 7.75. The van der Waals surface area contributed by atoms with Crippen LogP contribution in [0.3, 0.4) is 0 Å². The maximum atomic E-state index is 10.6. The van der Waals surface area contributed by atoms with E-state index < -0.39 is 0 Å². The van der Waals surface area contributed by atoms with E-state index in [2.05, 4.69) is 27.7 Å². The first-order valence-corrected chi connectivity index (χ1v) is 7.00. The molecule has 5 atom stereocenters. The average Bonchev–Trinajstić information content (AvgIpc) is 2.47. The minimum absolute atomic E-state index is 0.00646. The molecule has 2 unspecified atom stereocenters. The molecule has 0 aliphatic heterocycles. The van der Waals surface area contributed by atoms with Crippen molar-refractivity contribution in [2.75, 3.05) is 0 Å². The number of aliphatic hydroxyl groups excluding tert-OH is 1. The van der Waals surface area contributed by atoms with Gasteiger partial charge in [0.2, 0.25) is 0 Å². The summed E-state index contributed by atoms with van der Waals surface area (Å²) in [5, 5.41) is 10.6. The highest BCUT2D eigenvalue weighted by atomic mass is 16.3. The summed E-state index contributed by atoms with van der Waals surface area (Å²) in [6.07, 6.45) is 5.09. The summed E-state index contributed by atoms with van der Waals surface area (Å²) < 4.78 is 0. The fourth-order valence-corrected chi connectivity index (χ4v) is 7.23. The van der Waals surface area contributed by atoms with Gasteiger partial charge in [0.05, 0.1) is 6.10 Å². The molecule has 0 heterocycles. The molecule has 1 N–H and O–H groups in total. The lowest BCUT2D eigenvalue weighted by atomic mass is 9.60. The Morgan fingerprint density at radius 3 is 2.38 bits per heavy atom. The van der Waals surface area contributed by atoms with Crippen LogP contribution in [0.5, 0.6) is 0 Å². The number of aliphatic hydroxyl groups is 1. The van der Waals surface area contributed by atoms with Gasteiger partial charge in [-0.25, -0.2) is 0 Å². The van der Waals surface area contributed by atoms with Crippen molar-refractivity contribution in [2.45, 2.75) is 59.5 Å². The summed E-state index contributed by atoms with van der Waals surface area (Å²) in [4.78, 5) is 0. The summed E-state index contributed by atoms with van der Waals surface area (Å²) in [6, 6.07) is 0. The Labute approximate surface area is 98.6 Å². The van der Waals surface area contributed by atoms with E-state index in [4.69, 9.17) is 0 Å². The van der Waals surface area contributed by atoms with Crippen LogP contribution in [-0.2, 0) is 0 Å². The van der Waals surface area contributed by atoms with Gasteiger partial charge in [-0.3, -0.25) is 0 Å². The van der Waals surface area contributed by atoms with Crippen molar-refractivity contribution >= 4 is 0 Å². The summed E-state index contributed by atoms with van der Waals surface area (Å²) in [7, 11) is 0. The number of hydrogen-bond acceptors (Lipinski definition) is 1. The second-order valence-electron chi connectivity index (χ2n) is 8.19. The molecule has 0 saturated heterocycles. The molecule has 16 heavy (non-hydrogen) atoms. The fraction of sp³-hybridized carbons (Fsp3) is 1.00. The SMILES string of the molecule is CC1(C)CC[C@@H](O)[C@@]23C4CC(C[C@]412)C3(C)C. The third-order valence-electron chi connectivity index (χ3n) is 7.75. The highest BCUT2D eigenvalue weighted by Crippen LogP contribution is 2.99. The fourth-order valence-electron chi connectivity index (χ4n) is 7.23. The van der Waals surface area contributed by atoms with E-state index in [0.29, 0.717) is 21.7 Å². The van der Waals surface area contributed by atoms with Crippen molar-refractivity contribution in [3.63, 3.8) is 0 Å². The van der Waals surface area contributed by atoms with E-state index in [0.717, 1.165) is 18.3 Å². The van der Waals surface area contributed by atoms with Gasteiger partial charge in [-0.05, 0) is 53.8 Å². The van der Waals surface area contributed by atoms with Gasteiger partial charge in [0.15, 0.2) is 0 Å². The normalized spacial score (nSPS) is 63.2. The molecule has 5 rings (SSSR count). The van der Waals surface area contributed by atoms with Crippen LogP contribution in [0.25, 0.3) is 0 Å². The smallest absolute Gasteiger partial charge is 0.0610 e. The third kappa shape index (κ3) is 0.573. The van der Waals surface area contributed by atoms with Crippen LogP contribution in [0, 0.1) is 33.5 Å². The molecule has 1 heteroatoms.